The van der Waals surface area contributed by atoms with Gasteiger partial charge in [0.05, 0.1) is 14.2 Å². The summed E-state index contributed by atoms with van der Waals surface area (Å²) in [6.07, 6.45) is 3.55. The summed E-state index contributed by atoms with van der Waals surface area (Å²) in [6, 6.07) is 3.20. The zero-order chi connectivity index (χ0) is 15.3. The molecule has 0 radical (unpaired) electrons. The lowest BCUT2D eigenvalue weighted by Gasteiger charge is -2.15. The van der Waals surface area contributed by atoms with Crippen LogP contribution in [0, 0.1) is 0 Å². The molecular formula is C14H20O5S. The molecule has 0 aliphatic heterocycles. The molecule has 0 N–H and O–H groups in total. The van der Waals surface area contributed by atoms with Crippen LogP contribution in [0.3, 0.4) is 0 Å². The van der Waals surface area contributed by atoms with Gasteiger partial charge >= 0.3 is 5.97 Å². The van der Waals surface area contributed by atoms with Crippen LogP contribution in [0.1, 0.15) is 35.7 Å². The molecule has 5 nitrogen and oxygen atoms in total. The van der Waals surface area contributed by atoms with Crippen molar-refractivity contribution >= 4 is 15.8 Å². The van der Waals surface area contributed by atoms with E-state index in [0.29, 0.717) is 12.0 Å². The van der Waals surface area contributed by atoms with Crippen molar-refractivity contribution in [1.82, 2.24) is 0 Å². The number of methoxy groups -OCH3 is 2. The number of ether oxygens (including phenoxy) is 2. The molecule has 20 heavy (non-hydrogen) atoms. The van der Waals surface area contributed by atoms with E-state index in [-0.39, 0.29) is 16.2 Å². The number of hydrogen-bond donors (Lipinski definition) is 0. The Bertz CT molecular complexity index is 590. The summed E-state index contributed by atoms with van der Waals surface area (Å²) < 4.78 is 33.9. The molecule has 6 heteroatoms. The van der Waals surface area contributed by atoms with Crippen LogP contribution < -0.4 is 4.74 Å². The maximum Gasteiger partial charge on any atom is 0.341 e. The first kappa shape index (κ1) is 16.5. The number of carbonyl (C=O) groups excluding carboxylic acids is 1. The summed E-state index contributed by atoms with van der Waals surface area (Å²) in [6.45, 7) is 2.03. The van der Waals surface area contributed by atoms with Gasteiger partial charge in [-0.1, -0.05) is 19.4 Å². The molecule has 1 aromatic carbocycles. The molecule has 0 bridgehead atoms. The highest BCUT2D eigenvalue weighted by Crippen LogP contribution is 2.33. The molecular weight excluding hydrogens is 280 g/mol. The number of aryl methyl sites for hydroxylation is 1. The third-order valence-corrected chi connectivity index (χ3v) is 4.16. The Morgan fingerprint density at radius 1 is 1.25 bits per heavy atom. The first-order chi connectivity index (χ1) is 9.36. The molecule has 112 valence electrons. The molecule has 0 saturated heterocycles. The minimum atomic E-state index is -3.50. The van der Waals surface area contributed by atoms with Crippen LogP contribution >= 0.6 is 0 Å². The van der Waals surface area contributed by atoms with Crippen molar-refractivity contribution in [3.05, 3.63) is 23.3 Å². The number of sulfone groups is 1. The monoisotopic (exact) mass is 300 g/mol. The number of hydrogen-bond acceptors (Lipinski definition) is 5. The lowest BCUT2D eigenvalue weighted by molar-refractivity contribution is 0.0596. The minimum Gasteiger partial charge on any atom is -0.494 e. The molecule has 0 spiro atoms. The molecule has 0 amide bonds. The standard InChI is InChI=1S/C14H20O5S/c1-5-6-7-10-8-9-11(14(15)19-3)12(18-2)13(10)20(4,16)17/h8-9H,5-7H2,1-4H3. The third kappa shape index (κ3) is 3.50. The minimum absolute atomic E-state index is 0.0629. The van der Waals surface area contributed by atoms with E-state index in [9.17, 15) is 13.2 Å². The number of carbonyl (C=O) groups is 1. The van der Waals surface area contributed by atoms with E-state index in [1.54, 1.807) is 12.1 Å². The zero-order valence-corrected chi connectivity index (χ0v) is 13.0. The lowest BCUT2D eigenvalue weighted by Crippen LogP contribution is -2.11. The topological polar surface area (TPSA) is 69.7 Å². The van der Waals surface area contributed by atoms with Crippen molar-refractivity contribution in [3.63, 3.8) is 0 Å². The predicted octanol–water partition coefficient (Wildman–Crippen LogP) is 2.23. The van der Waals surface area contributed by atoms with Crippen molar-refractivity contribution in [3.8, 4) is 5.75 Å². The number of benzene rings is 1. The van der Waals surface area contributed by atoms with Crippen molar-refractivity contribution in [2.24, 2.45) is 0 Å². The highest BCUT2D eigenvalue weighted by atomic mass is 32.2. The van der Waals surface area contributed by atoms with Gasteiger partial charge in [0.15, 0.2) is 15.6 Å². The Hall–Kier alpha value is -1.56. The third-order valence-electron chi connectivity index (χ3n) is 2.97. The largest absolute Gasteiger partial charge is 0.494 e. The van der Waals surface area contributed by atoms with Crippen molar-refractivity contribution in [1.29, 1.82) is 0 Å². The second kappa shape index (κ2) is 6.74. The van der Waals surface area contributed by atoms with Gasteiger partial charge in [0.1, 0.15) is 10.5 Å². The summed E-state index contributed by atoms with van der Waals surface area (Å²) >= 11 is 0. The number of esters is 1. The summed E-state index contributed by atoms with van der Waals surface area (Å²) in [5.41, 5.74) is 0.787. The first-order valence-corrected chi connectivity index (χ1v) is 8.24. The van der Waals surface area contributed by atoms with Gasteiger partial charge < -0.3 is 9.47 Å². The molecule has 1 rings (SSSR count). The Kier molecular flexibility index (Phi) is 5.56. The highest BCUT2D eigenvalue weighted by Gasteiger charge is 2.25. The van der Waals surface area contributed by atoms with Crippen LogP contribution in [0.4, 0.5) is 0 Å². The van der Waals surface area contributed by atoms with Gasteiger partial charge in [-0.25, -0.2) is 13.2 Å². The fourth-order valence-corrected chi connectivity index (χ4v) is 3.22. The molecule has 0 fully saturated rings. The molecule has 1 aromatic rings. The maximum atomic E-state index is 12.0. The van der Waals surface area contributed by atoms with E-state index in [0.717, 1.165) is 19.1 Å². The average Bonchev–Trinajstić information content (AvgIpc) is 2.41. The lowest BCUT2D eigenvalue weighted by atomic mass is 10.0. The van der Waals surface area contributed by atoms with Gasteiger partial charge in [0.25, 0.3) is 0 Å². The average molecular weight is 300 g/mol. The smallest absolute Gasteiger partial charge is 0.341 e. The molecule has 0 aliphatic rings. The van der Waals surface area contributed by atoms with E-state index in [1.807, 2.05) is 6.92 Å². The summed E-state index contributed by atoms with van der Waals surface area (Å²) in [7, 11) is -0.913. The number of unbranched alkanes of at least 4 members (excludes halogenated alkanes) is 1. The van der Waals surface area contributed by atoms with Crippen LogP contribution in [0.25, 0.3) is 0 Å². The van der Waals surface area contributed by atoms with E-state index < -0.39 is 15.8 Å². The van der Waals surface area contributed by atoms with Crippen LogP contribution in [0.5, 0.6) is 5.75 Å². The Balaban J connectivity index is 3.55. The van der Waals surface area contributed by atoms with Gasteiger partial charge in [-0.15, -0.1) is 0 Å². The fourth-order valence-electron chi connectivity index (χ4n) is 2.05. The van der Waals surface area contributed by atoms with E-state index in [2.05, 4.69) is 4.74 Å². The molecule has 0 aliphatic carbocycles. The first-order valence-electron chi connectivity index (χ1n) is 6.35. The maximum absolute atomic E-state index is 12.0. The predicted molar refractivity (Wildman–Crippen MR) is 76.1 cm³/mol. The van der Waals surface area contributed by atoms with Gasteiger partial charge in [0, 0.05) is 6.26 Å². The van der Waals surface area contributed by atoms with E-state index >= 15 is 0 Å². The van der Waals surface area contributed by atoms with Crippen molar-refractivity contribution < 1.29 is 22.7 Å². The highest BCUT2D eigenvalue weighted by molar-refractivity contribution is 7.90. The molecule has 0 aromatic heterocycles. The Labute approximate surface area is 119 Å². The van der Waals surface area contributed by atoms with E-state index in [4.69, 9.17) is 4.74 Å². The van der Waals surface area contributed by atoms with Gasteiger partial charge in [-0.05, 0) is 24.5 Å². The Morgan fingerprint density at radius 3 is 2.35 bits per heavy atom. The summed E-state index contributed by atoms with van der Waals surface area (Å²) in [5.74, 6) is -0.554. The van der Waals surface area contributed by atoms with Crippen LogP contribution in [0.15, 0.2) is 17.0 Å². The van der Waals surface area contributed by atoms with Crippen LogP contribution in [-0.2, 0) is 21.0 Å². The summed E-state index contributed by atoms with van der Waals surface area (Å²) in [5, 5.41) is 0. The normalized spacial score (nSPS) is 11.2. The number of rotatable bonds is 6. The molecule has 0 unspecified atom stereocenters. The molecule has 0 atom stereocenters. The van der Waals surface area contributed by atoms with Crippen LogP contribution in [-0.4, -0.2) is 34.9 Å². The van der Waals surface area contributed by atoms with Crippen molar-refractivity contribution in [2.45, 2.75) is 31.1 Å². The molecule has 0 heterocycles. The van der Waals surface area contributed by atoms with Gasteiger partial charge in [0.2, 0.25) is 0 Å². The van der Waals surface area contributed by atoms with Gasteiger partial charge in [-0.3, -0.25) is 0 Å². The van der Waals surface area contributed by atoms with Crippen molar-refractivity contribution in [2.75, 3.05) is 20.5 Å². The molecule has 0 saturated carbocycles. The second-order valence-corrected chi connectivity index (χ2v) is 6.45. The second-order valence-electron chi connectivity index (χ2n) is 4.50. The fraction of sp³-hybridized carbons (Fsp3) is 0.500. The quantitative estimate of drug-likeness (QED) is 0.753. The zero-order valence-electron chi connectivity index (χ0n) is 12.2. The van der Waals surface area contributed by atoms with E-state index in [1.165, 1.54) is 14.2 Å². The Morgan fingerprint density at radius 2 is 1.90 bits per heavy atom. The van der Waals surface area contributed by atoms with Crippen LogP contribution in [0.2, 0.25) is 0 Å². The summed E-state index contributed by atoms with van der Waals surface area (Å²) in [4.78, 5) is 11.8. The SMILES string of the molecule is CCCCc1ccc(C(=O)OC)c(OC)c1S(C)(=O)=O. The van der Waals surface area contributed by atoms with Gasteiger partial charge in [-0.2, -0.15) is 0 Å².